The largest absolute Gasteiger partial charge is 0.359 e. The molecule has 0 bridgehead atoms. The van der Waals surface area contributed by atoms with Gasteiger partial charge < -0.3 is 15.2 Å². The van der Waals surface area contributed by atoms with Crippen LogP contribution in [0.1, 0.15) is 36.4 Å². The molecule has 6 heteroatoms. The van der Waals surface area contributed by atoms with Crippen LogP contribution in [0.5, 0.6) is 0 Å². The van der Waals surface area contributed by atoms with Crippen molar-refractivity contribution in [3.8, 4) is 0 Å². The molecule has 0 spiro atoms. The SMILES string of the molecule is CC[C@@H](NC(=O)Nc1c(C)noc1C)c1ccncc1. The quantitative estimate of drug-likeness (QED) is 0.898. The maximum Gasteiger partial charge on any atom is 0.319 e. The minimum Gasteiger partial charge on any atom is -0.359 e. The maximum atomic E-state index is 12.1. The Kier molecular flexibility index (Phi) is 4.34. The molecule has 0 radical (unpaired) electrons. The zero-order valence-electron chi connectivity index (χ0n) is 11.8. The molecule has 0 aliphatic rings. The van der Waals surface area contributed by atoms with Gasteiger partial charge in [0.2, 0.25) is 0 Å². The van der Waals surface area contributed by atoms with Gasteiger partial charge in [0.1, 0.15) is 11.4 Å². The number of amides is 2. The summed E-state index contributed by atoms with van der Waals surface area (Å²) in [5, 5.41) is 9.50. The zero-order chi connectivity index (χ0) is 14.5. The molecule has 2 heterocycles. The molecule has 2 aromatic heterocycles. The van der Waals surface area contributed by atoms with Crippen molar-refractivity contribution in [3.63, 3.8) is 0 Å². The summed E-state index contributed by atoms with van der Waals surface area (Å²) in [6.07, 6.45) is 4.22. The van der Waals surface area contributed by atoms with E-state index >= 15 is 0 Å². The average Bonchev–Trinajstić information content (AvgIpc) is 2.77. The lowest BCUT2D eigenvalue weighted by Crippen LogP contribution is -2.32. The van der Waals surface area contributed by atoms with E-state index in [0.717, 1.165) is 12.0 Å². The molecule has 0 unspecified atom stereocenters. The van der Waals surface area contributed by atoms with Crippen molar-refractivity contribution in [3.05, 3.63) is 41.5 Å². The van der Waals surface area contributed by atoms with Gasteiger partial charge >= 0.3 is 6.03 Å². The van der Waals surface area contributed by atoms with E-state index < -0.39 is 0 Å². The van der Waals surface area contributed by atoms with Gasteiger partial charge in [0.25, 0.3) is 0 Å². The van der Waals surface area contributed by atoms with Crippen molar-refractivity contribution < 1.29 is 9.32 Å². The number of aromatic nitrogens is 2. The second-order valence-electron chi connectivity index (χ2n) is 4.54. The first-order chi connectivity index (χ1) is 9.61. The summed E-state index contributed by atoms with van der Waals surface area (Å²) in [6.45, 7) is 5.56. The maximum absolute atomic E-state index is 12.1. The molecule has 0 aliphatic carbocycles. The normalized spacial score (nSPS) is 11.9. The fourth-order valence-electron chi connectivity index (χ4n) is 1.99. The third-order valence-corrected chi connectivity index (χ3v) is 3.09. The number of rotatable bonds is 4. The van der Waals surface area contributed by atoms with Crippen LogP contribution in [0.2, 0.25) is 0 Å². The van der Waals surface area contributed by atoms with Crippen LogP contribution >= 0.6 is 0 Å². The Morgan fingerprint density at radius 3 is 2.60 bits per heavy atom. The van der Waals surface area contributed by atoms with E-state index in [1.54, 1.807) is 26.2 Å². The number of carbonyl (C=O) groups excluding carboxylic acids is 1. The molecule has 20 heavy (non-hydrogen) atoms. The lowest BCUT2D eigenvalue weighted by Gasteiger charge is -2.17. The molecule has 6 nitrogen and oxygen atoms in total. The van der Waals surface area contributed by atoms with Crippen molar-refractivity contribution in [2.75, 3.05) is 5.32 Å². The van der Waals surface area contributed by atoms with Crippen LogP contribution in [0.4, 0.5) is 10.5 Å². The molecule has 0 aromatic carbocycles. The molecule has 2 N–H and O–H groups in total. The van der Waals surface area contributed by atoms with Gasteiger partial charge in [-0.3, -0.25) is 4.98 Å². The van der Waals surface area contributed by atoms with E-state index in [1.165, 1.54) is 0 Å². The van der Waals surface area contributed by atoms with Crippen molar-refractivity contribution in [1.29, 1.82) is 0 Å². The number of nitrogens with one attached hydrogen (secondary N) is 2. The Labute approximate surface area is 117 Å². The molecule has 0 saturated carbocycles. The monoisotopic (exact) mass is 274 g/mol. The predicted molar refractivity (Wildman–Crippen MR) is 75.4 cm³/mol. The molecule has 2 aromatic rings. The van der Waals surface area contributed by atoms with Crippen LogP contribution in [0, 0.1) is 13.8 Å². The average molecular weight is 274 g/mol. The summed E-state index contributed by atoms with van der Waals surface area (Å²) in [7, 11) is 0. The van der Waals surface area contributed by atoms with Crippen molar-refractivity contribution >= 4 is 11.7 Å². The number of urea groups is 1. The topological polar surface area (TPSA) is 80.0 Å². The van der Waals surface area contributed by atoms with Crippen molar-refractivity contribution in [1.82, 2.24) is 15.5 Å². The third kappa shape index (κ3) is 3.14. The molecule has 1 atom stereocenters. The van der Waals surface area contributed by atoms with E-state index in [1.807, 2.05) is 19.1 Å². The van der Waals surface area contributed by atoms with Gasteiger partial charge in [-0.05, 0) is 38.0 Å². The summed E-state index contributed by atoms with van der Waals surface area (Å²) in [4.78, 5) is 16.0. The Morgan fingerprint density at radius 2 is 2.05 bits per heavy atom. The number of pyridine rings is 1. The van der Waals surface area contributed by atoms with Crippen LogP contribution in [-0.4, -0.2) is 16.2 Å². The van der Waals surface area contributed by atoms with E-state index in [2.05, 4.69) is 20.8 Å². The molecule has 106 valence electrons. The van der Waals surface area contributed by atoms with Crippen molar-refractivity contribution in [2.45, 2.75) is 33.2 Å². The smallest absolute Gasteiger partial charge is 0.319 e. The molecular formula is C14H18N4O2. The Hall–Kier alpha value is -2.37. The molecule has 2 rings (SSSR count). The second-order valence-corrected chi connectivity index (χ2v) is 4.54. The molecule has 0 aliphatic heterocycles. The van der Waals surface area contributed by atoms with Crippen LogP contribution in [-0.2, 0) is 0 Å². The number of carbonyl (C=O) groups is 1. The Balaban J connectivity index is 2.03. The summed E-state index contributed by atoms with van der Waals surface area (Å²) in [5.74, 6) is 0.592. The lowest BCUT2D eigenvalue weighted by atomic mass is 10.1. The summed E-state index contributed by atoms with van der Waals surface area (Å²) in [5.41, 5.74) is 2.30. The Bertz CT molecular complexity index is 561. The van der Waals surface area contributed by atoms with Gasteiger partial charge in [-0.2, -0.15) is 0 Å². The fraction of sp³-hybridized carbons (Fsp3) is 0.357. The van der Waals surface area contributed by atoms with Gasteiger partial charge in [0, 0.05) is 12.4 Å². The Morgan fingerprint density at radius 1 is 1.35 bits per heavy atom. The van der Waals surface area contributed by atoms with Gasteiger partial charge in [-0.15, -0.1) is 0 Å². The minimum absolute atomic E-state index is 0.0570. The number of hydrogen-bond acceptors (Lipinski definition) is 4. The number of aryl methyl sites for hydroxylation is 2. The summed E-state index contributed by atoms with van der Waals surface area (Å²) in [6, 6.07) is 3.45. The second kappa shape index (κ2) is 6.18. The molecule has 2 amide bonds. The highest BCUT2D eigenvalue weighted by Gasteiger charge is 2.16. The third-order valence-electron chi connectivity index (χ3n) is 3.09. The first-order valence-electron chi connectivity index (χ1n) is 6.52. The first-order valence-corrected chi connectivity index (χ1v) is 6.52. The fourth-order valence-corrected chi connectivity index (χ4v) is 1.99. The number of anilines is 1. The first kappa shape index (κ1) is 14.0. The molecular weight excluding hydrogens is 256 g/mol. The van der Waals surface area contributed by atoms with Crippen LogP contribution < -0.4 is 10.6 Å². The van der Waals surface area contributed by atoms with Gasteiger partial charge in [0.05, 0.1) is 6.04 Å². The summed E-state index contributed by atoms with van der Waals surface area (Å²) >= 11 is 0. The highest BCUT2D eigenvalue weighted by molar-refractivity contribution is 5.90. The lowest BCUT2D eigenvalue weighted by molar-refractivity contribution is 0.248. The minimum atomic E-state index is -0.275. The number of hydrogen-bond donors (Lipinski definition) is 2. The van der Waals surface area contributed by atoms with E-state index in [9.17, 15) is 4.79 Å². The number of nitrogens with zero attached hydrogens (tertiary/aromatic N) is 2. The van der Waals surface area contributed by atoms with E-state index in [0.29, 0.717) is 17.1 Å². The zero-order valence-corrected chi connectivity index (χ0v) is 11.8. The van der Waals surface area contributed by atoms with Gasteiger partial charge in [-0.25, -0.2) is 4.79 Å². The molecule has 0 saturated heterocycles. The van der Waals surface area contributed by atoms with E-state index in [4.69, 9.17) is 4.52 Å². The van der Waals surface area contributed by atoms with Gasteiger partial charge in [0.15, 0.2) is 5.76 Å². The highest BCUT2D eigenvalue weighted by atomic mass is 16.5. The molecule has 0 fully saturated rings. The highest BCUT2D eigenvalue weighted by Crippen LogP contribution is 2.19. The van der Waals surface area contributed by atoms with Crippen LogP contribution in [0.15, 0.2) is 29.0 Å². The predicted octanol–water partition coefficient (Wildman–Crippen LogP) is 2.96. The van der Waals surface area contributed by atoms with Crippen LogP contribution in [0.25, 0.3) is 0 Å². The summed E-state index contributed by atoms with van der Waals surface area (Å²) < 4.78 is 5.01. The van der Waals surface area contributed by atoms with E-state index in [-0.39, 0.29) is 12.1 Å². The standard InChI is InChI=1S/C14H18N4O2/c1-4-12(11-5-7-15-8-6-11)16-14(19)17-13-9(2)18-20-10(13)3/h5-8,12H,4H2,1-3H3,(H2,16,17,19)/t12-/m1/s1. The van der Waals surface area contributed by atoms with Gasteiger partial charge in [-0.1, -0.05) is 12.1 Å². The van der Waals surface area contributed by atoms with Crippen molar-refractivity contribution in [2.24, 2.45) is 0 Å². The van der Waals surface area contributed by atoms with Crippen LogP contribution in [0.3, 0.4) is 0 Å².